The fourth-order valence-electron chi connectivity index (χ4n) is 1.64. The molecular formula is C13H7BrN4O. The number of nitrogens with zero attached hydrogens (tertiary/aromatic N) is 3. The van der Waals surface area contributed by atoms with Gasteiger partial charge in [0, 0.05) is 16.2 Å². The van der Waals surface area contributed by atoms with Crippen LogP contribution >= 0.6 is 15.9 Å². The van der Waals surface area contributed by atoms with Gasteiger partial charge in [0.1, 0.15) is 11.8 Å². The minimum atomic E-state index is 0.385. The molecule has 0 saturated carbocycles. The van der Waals surface area contributed by atoms with Gasteiger partial charge in [0.05, 0.1) is 5.56 Å². The van der Waals surface area contributed by atoms with Gasteiger partial charge in [-0.3, -0.25) is 0 Å². The standard InChI is InChI=1S/C13H7BrN4O/c14-10-3-1-8(2-4-10)12-17-13(19-18-12)9-5-11(6-15)16-7-9/h1-5,7,16H. The zero-order valence-electron chi connectivity index (χ0n) is 9.59. The van der Waals surface area contributed by atoms with E-state index in [0.29, 0.717) is 23.0 Å². The molecule has 0 bridgehead atoms. The molecule has 0 aliphatic carbocycles. The van der Waals surface area contributed by atoms with E-state index in [1.165, 1.54) is 0 Å². The molecule has 2 heterocycles. The Labute approximate surface area is 117 Å². The van der Waals surface area contributed by atoms with E-state index in [2.05, 4.69) is 31.1 Å². The number of hydrogen-bond donors (Lipinski definition) is 1. The first-order valence-corrected chi connectivity index (χ1v) is 6.24. The van der Waals surface area contributed by atoms with Crippen LogP contribution in [0.15, 0.2) is 45.5 Å². The van der Waals surface area contributed by atoms with Gasteiger partial charge in [-0.25, -0.2) is 0 Å². The summed E-state index contributed by atoms with van der Waals surface area (Å²) in [6.45, 7) is 0. The summed E-state index contributed by atoms with van der Waals surface area (Å²) in [5.74, 6) is 0.901. The number of rotatable bonds is 2. The van der Waals surface area contributed by atoms with Gasteiger partial charge in [0.25, 0.3) is 5.89 Å². The third-order valence-electron chi connectivity index (χ3n) is 2.58. The Balaban J connectivity index is 1.95. The monoisotopic (exact) mass is 314 g/mol. The number of benzene rings is 1. The largest absolute Gasteiger partial charge is 0.352 e. The molecule has 0 aliphatic heterocycles. The molecule has 92 valence electrons. The molecule has 0 spiro atoms. The third kappa shape index (κ3) is 2.28. The number of aromatic amines is 1. The maximum absolute atomic E-state index is 8.75. The van der Waals surface area contributed by atoms with Crippen LogP contribution in [0.2, 0.25) is 0 Å². The van der Waals surface area contributed by atoms with Crippen LogP contribution in [0, 0.1) is 11.3 Å². The molecule has 0 amide bonds. The summed E-state index contributed by atoms with van der Waals surface area (Å²) < 4.78 is 6.18. The highest BCUT2D eigenvalue weighted by atomic mass is 79.9. The number of nitrogens with one attached hydrogen (secondary N) is 1. The minimum Gasteiger partial charge on any atom is -0.352 e. The first-order valence-electron chi connectivity index (χ1n) is 5.45. The van der Waals surface area contributed by atoms with Crippen molar-refractivity contribution in [2.24, 2.45) is 0 Å². The normalized spacial score (nSPS) is 10.3. The van der Waals surface area contributed by atoms with E-state index in [-0.39, 0.29) is 0 Å². The Morgan fingerprint density at radius 2 is 2.00 bits per heavy atom. The number of halogens is 1. The molecule has 0 unspecified atom stereocenters. The second kappa shape index (κ2) is 4.71. The fraction of sp³-hybridized carbons (Fsp3) is 0. The van der Waals surface area contributed by atoms with Crippen LogP contribution in [0.5, 0.6) is 0 Å². The summed E-state index contributed by atoms with van der Waals surface area (Å²) in [5, 5.41) is 12.7. The van der Waals surface area contributed by atoms with Crippen molar-refractivity contribution >= 4 is 15.9 Å². The van der Waals surface area contributed by atoms with Crippen molar-refractivity contribution in [3.05, 3.63) is 46.7 Å². The van der Waals surface area contributed by atoms with Crippen molar-refractivity contribution in [1.82, 2.24) is 15.1 Å². The predicted molar refractivity (Wildman–Crippen MR) is 71.9 cm³/mol. The van der Waals surface area contributed by atoms with Gasteiger partial charge in [0.15, 0.2) is 0 Å². The van der Waals surface area contributed by atoms with Gasteiger partial charge in [-0.2, -0.15) is 10.2 Å². The summed E-state index contributed by atoms with van der Waals surface area (Å²) in [5.41, 5.74) is 2.03. The minimum absolute atomic E-state index is 0.385. The molecule has 0 radical (unpaired) electrons. The fourth-order valence-corrected chi connectivity index (χ4v) is 1.90. The molecule has 3 rings (SSSR count). The van der Waals surface area contributed by atoms with Gasteiger partial charge in [-0.05, 0) is 30.3 Å². The van der Waals surface area contributed by atoms with E-state index in [0.717, 1.165) is 10.0 Å². The molecular weight excluding hydrogens is 308 g/mol. The van der Waals surface area contributed by atoms with Crippen LogP contribution < -0.4 is 0 Å². The first kappa shape index (κ1) is 11.7. The molecule has 0 saturated heterocycles. The molecule has 3 aromatic rings. The molecule has 0 atom stereocenters. The van der Waals surface area contributed by atoms with E-state index in [4.69, 9.17) is 9.78 Å². The Hall–Kier alpha value is -2.39. The molecule has 19 heavy (non-hydrogen) atoms. The Kier molecular flexibility index (Phi) is 2.89. The van der Waals surface area contributed by atoms with E-state index in [1.807, 2.05) is 30.3 Å². The van der Waals surface area contributed by atoms with Crippen LogP contribution in [0.3, 0.4) is 0 Å². The Morgan fingerprint density at radius 3 is 2.68 bits per heavy atom. The smallest absolute Gasteiger partial charge is 0.259 e. The van der Waals surface area contributed by atoms with Crippen molar-refractivity contribution < 1.29 is 4.52 Å². The molecule has 6 heteroatoms. The van der Waals surface area contributed by atoms with Crippen LogP contribution in [0.25, 0.3) is 22.8 Å². The lowest BCUT2D eigenvalue weighted by atomic mass is 10.2. The maximum Gasteiger partial charge on any atom is 0.259 e. The molecule has 5 nitrogen and oxygen atoms in total. The van der Waals surface area contributed by atoms with Crippen LogP contribution in [0.4, 0.5) is 0 Å². The van der Waals surface area contributed by atoms with Gasteiger partial charge in [-0.15, -0.1) is 0 Å². The van der Waals surface area contributed by atoms with Gasteiger partial charge in [0.2, 0.25) is 5.82 Å². The van der Waals surface area contributed by atoms with Crippen molar-refractivity contribution in [3.63, 3.8) is 0 Å². The topological polar surface area (TPSA) is 78.5 Å². The van der Waals surface area contributed by atoms with Crippen LogP contribution in [0.1, 0.15) is 5.69 Å². The van der Waals surface area contributed by atoms with E-state index in [1.54, 1.807) is 12.3 Å². The lowest BCUT2D eigenvalue weighted by Gasteiger charge is -1.93. The van der Waals surface area contributed by atoms with Crippen LogP contribution in [-0.2, 0) is 0 Å². The highest BCUT2D eigenvalue weighted by molar-refractivity contribution is 9.10. The quantitative estimate of drug-likeness (QED) is 0.786. The molecule has 1 aromatic carbocycles. The zero-order valence-corrected chi connectivity index (χ0v) is 11.2. The highest BCUT2D eigenvalue weighted by Crippen LogP contribution is 2.23. The third-order valence-corrected chi connectivity index (χ3v) is 3.11. The molecule has 0 aliphatic rings. The Bertz CT molecular complexity index is 752. The van der Waals surface area contributed by atoms with Crippen molar-refractivity contribution in [2.75, 3.05) is 0 Å². The number of nitriles is 1. The number of aromatic nitrogens is 3. The maximum atomic E-state index is 8.75. The SMILES string of the molecule is N#Cc1cc(-c2nc(-c3ccc(Br)cc3)no2)c[nH]1. The van der Waals surface area contributed by atoms with Gasteiger partial charge in [-0.1, -0.05) is 21.1 Å². The Morgan fingerprint density at radius 1 is 1.21 bits per heavy atom. The highest BCUT2D eigenvalue weighted by Gasteiger charge is 2.11. The van der Waals surface area contributed by atoms with Gasteiger partial charge < -0.3 is 9.51 Å². The molecule has 1 N–H and O–H groups in total. The number of hydrogen-bond acceptors (Lipinski definition) is 4. The van der Waals surface area contributed by atoms with E-state index in [9.17, 15) is 0 Å². The predicted octanol–water partition coefficient (Wildman–Crippen LogP) is 3.37. The zero-order chi connectivity index (χ0) is 13.2. The summed E-state index contributed by atoms with van der Waals surface area (Å²) in [6, 6.07) is 11.3. The summed E-state index contributed by atoms with van der Waals surface area (Å²) >= 11 is 3.37. The van der Waals surface area contributed by atoms with E-state index < -0.39 is 0 Å². The average molecular weight is 315 g/mol. The average Bonchev–Trinajstić information content (AvgIpc) is 3.08. The molecule has 2 aromatic heterocycles. The van der Waals surface area contributed by atoms with Crippen molar-refractivity contribution in [3.8, 4) is 28.9 Å². The van der Waals surface area contributed by atoms with E-state index >= 15 is 0 Å². The summed E-state index contributed by atoms with van der Waals surface area (Å²) in [4.78, 5) is 7.12. The first-order chi connectivity index (χ1) is 9.26. The van der Waals surface area contributed by atoms with Gasteiger partial charge >= 0.3 is 0 Å². The second-order valence-corrected chi connectivity index (χ2v) is 4.76. The lowest BCUT2D eigenvalue weighted by Crippen LogP contribution is -1.80. The van der Waals surface area contributed by atoms with Crippen LogP contribution in [-0.4, -0.2) is 15.1 Å². The molecule has 0 fully saturated rings. The second-order valence-electron chi connectivity index (χ2n) is 3.84. The van der Waals surface area contributed by atoms with Crippen molar-refractivity contribution in [2.45, 2.75) is 0 Å². The number of H-pyrrole nitrogens is 1. The summed E-state index contributed by atoms with van der Waals surface area (Å²) in [6.07, 6.45) is 1.66. The van der Waals surface area contributed by atoms with Crippen molar-refractivity contribution in [1.29, 1.82) is 5.26 Å². The summed E-state index contributed by atoms with van der Waals surface area (Å²) in [7, 11) is 0. The lowest BCUT2D eigenvalue weighted by molar-refractivity contribution is 0.432.